The van der Waals surface area contributed by atoms with Crippen LogP contribution in [-0.4, -0.2) is 32.3 Å². The van der Waals surface area contributed by atoms with Crippen molar-refractivity contribution in [3.63, 3.8) is 0 Å². The second-order valence-electron chi connectivity index (χ2n) is 6.56. The molecule has 31 heavy (non-hydrogen) atoms. The average Bonchev–Trinajstić information content (AvgIpc) is 3.35. The molecular formula is C20H19N5O5S. The largest absolute Gasteiger partial charge is 0.422 e. The number of rotatable bonds is 7. The van der Waals surface area contributed by atoms with Crippen LogP contribution in [0.4, 0.5) is 5.69 Å². The number of carbonyl (C=O) groups excluding carboxylic acids is 2. The molecular weight excluding hydrogens is 422 g/mol. The van der Waals surface area contributed by atoms with Crippen LogP contribution in [0.25, 0.3) is 0 Å². The number of benzene rings is 1. The number of hydrogen-bond acceptors (Lipinski definition) is 8. The Balaban J connectivity index is 1.60. The maximum absolute atomic E-state index is 12.2. The van der Waals surface area contributed by atoms with Crippen molar-refractivity contribution >= 4 is 34.6 Å². The Morgan fingerprint density at radius 2 is 1.97 bits per heavy atom. The van der Waals surface area contributed by atoms with Gasteiger partial charge in [0.2, 0.25) is 0 Å². The Morgan fingerprint density at radius 3 is 2.55 bits per heavy atom. The van der Waals surface area contributed by atoms with Crippen molar-refractivity contribution in [1.29, 1.82) is 0 Å². The number of carbonyl (C=O) groups is 2. The van der Waals surface area contributed by atoms with Gasteiger partial charge in [0.25, 0.3) is 5.91 Å². The second-order valence-corrected chi connectivity index (χ2v) is 7.51. The number of hydrogen-bond donors (Lipinski definition) is 1. The molecule has 1 aromatic carbocycles. The van der Waals surface area contributed by atoms with Gasteiger partial charge in [-0.1, -0.05) is 6.07 Å². The lowest BCUT2D eigenvalue weighted by Gasteiger charge is -2.06. The summed E-state index contributed by atoms with van der Waals surface area (Å²) in [4.78, 5) is 35.2. The highest BCUT2D eigenvalue weighted by Gasteiger charge is 2.22. The standard InChI is InChI=1S/C20H19N5O5S/c1-12(15-6-8-16(9-7-15)30-20(27)17-5-4-10-31-17)21-22-18(26)11-24-14(3)19(25(28)29)13(2)23-24/h4-10H,11H2,1-3H3,(H,22,26)/b21-12+. The fourth-order valence-corrected chi connectivity index (χ4v) is 3.40. The number of aromatic nitrogens is 2. The number of nitrogens with one attached hydrogen (secondary N) is 1. The molecule has 0 spiro atoms. The predicted molar refractivity (Wildman–Crippen MR) is 114 cm³/mol. The molecule has 1 amide bonds. The van der Waals surface area contributed by atoms with Gasteiger partial charge in [-0.3, -0.25) is 19.6 Å². The smallest absolute Gasteiger partial charge is 0.353 e. The highest BCUT2D eigenvalue weighted by Crippen LogP contribution is 2.21. The number of esters is 1. The summed E-state index contributed by atoms with van der Waals surface area (Å²) < 4.78 is 6.57. The SMILES string of the molecule is C/C(=N\NC(=O)Cn1nc(C)c([N+](=O)[O-])c1C)c1ccc(OC(=O)c2cccs2)cc1. The molecule has 0 unspecified atom stereocenters. The second kappa shape index (κ2) is 9.30. The first-order valence-corrected chi connectivity index (χ1v) is 10.0. The van der Waals surface area contributed by atoms with E-state index in [0.717, 1.165) is 5.56 Å². The molecule has 11 heteroatoms. The molecule has 0 saturated heterocycles. The van der Waals surface area contributed by atoms with Gasteiger partial charge in [0.15, 0.2) is 0 Å². The average molecular weight is 441 g/mol. The van der Waals surface area contributed by atoms with E-state index < -0.39 is 16.8 Å². The molecule has 1 N–H and O–H groups in total. The molecule has 0 aliphatic heterocycles. The van der Waals surface area contributed by atoms with E-state index in [1.54, 1.807) is 48.7 Å². The quantitative estimate of drug-likeness (QED) is 0.197. The molecule has 0 atom stereocenters. The number of ether oxygens (including phenoxy) is 1. The summed E-state index contributed by atoms with van der Waals surface area (Å²) in [6.07, 6.45) is 0. The number of hydrazone groups is 1. The van der Waals surface area contributed by atoms with Gasteiger partial charge in [0, 0.05) is 0 Å². The normalized spacial score (nSPS) is 11.3. The predicted octanol–water partition coefficient (Wildman–Crippen LogP) is 3.23. The molecule has 3 rings (SSSR count). The summed E-state index contributed by atoms with van der Waals surface area (Å²) in [6, 6.07) is 10.2. The van der Waals surface area contributed by atoms with Crippen LogP contribution in [0.1, 0.15) is 33.5 Å². The molecule has 0 aliphatic rings. The van der Waals surface area contributed by atoms with Crippen molar-refractivity contribution < 1.29 is 19.2 Å². The summed E-state index contributed by atoms with van der Waals surface area (Å²) in [6.45, 7) is 4.56. The third-order valence-electron chi connectivity index (χ3n) is 4.37. The van der Waals surface area contributed by atoms with Gasteiger partial charge in [-0.15, -0.1) is 11.3 Å². The molecule has 0 radical (unpaired) electrons. The molecule has 2 aromatic heterocycles. The summed E-state index contributed by atoms with van der Waals surface area (Å²) in [5.74, 6) is -0.503. The van der Waals surface area contributed by atoms with Crippen molar-refractivity contribution in [2.75, 3.05) is 0 Å². The van der Waals surface area contributed by atoms with E-state index in [-0.39, 0.29) is 17.9 Å². The summed E-state index contributed by atoms with van der Waals surface area (Å²) in [7, 11) is 0. The van der Waals surface area contributed by atoms with Crippen molar-refractivity contribution in [1.82, 2.24) is 15.2 Å². The molecule has 0 bridgehead atoms. The zero-order valence-corrected chi connectivity index (χ0v) is 17.8. The Bertz CT molecular complexity index is 1150. The van der Waals surface area contributed by atoms with Crippen LogP contribution in [0.5, 0.6) is 5.75 Å². The zero-order valence-electron chi connectivity index (χ0n) is 17.0. The first-order chi connectivity index (χ1) is 14.8. The highest BCUT2D eigenvalue weighted by molar-refractivity contribution is 7.12. The van der Waals surface area contributed by atoms with Gasteiger partial charge < -0.3 is 4.74 Å². The lowest BCUT2D eigenvalue weighted by atomic mass is 10.1. The van der Waals surface area contributed by atoms with Crippen LogP contribution in [0.3, 0.4) is 0 Å². The van der Waals surface area contributed by atoms with Crippen LogP contribution in [0.2, 0.25) is 0 Å². The van der Waals surface area contributed by atoms with Gasteiger partial charge in [0.1, 0.15) is 28.6 Å². The van der Waals surface area contributed by atoms with Gasteiger partial charge >= 0.3 is 11.7 Å². The minimum absolute atomic E-state index is 0.104. The van der Waals surface area contributed by atoms with Gasteiger partial charge in [0.05, 0.1) is 10.6 Å². The summed E-state index contributed by atoms with van der Waals surface area (Å²) in [5, 5.41) is 20.9. The van der Waals surface area contributed by atoms with Crippen LogP contribution in [0.15, 0.2) is 46.9 Å². The Morgan fingerprint density at radius 1 is 1.26 bits per heavy atom. The number of nitrogens with zero attached hydrogens (tertiary/aromatic N) is 4. The molecule has 160 valence electrons. The van der Waals surface area contributed by atoms with Gasteiger partial charge in [-0.2, -0.15) is 10.2 Å². The molecule has 0 aliphatic carbocycles. The van der Waals surface area contributed by atoms with E-state index in [1.807, 2.05) is 0 Å². The Labute approximate surface area is 181 Å². The van der Waals surface area contributed by atoms with Gasteiger partial charge in [-0.25, -0.2) is 10.2 Å². The van der Waals surface area contributed by atoms with E-state index in [1.165, 1.54) is 29.9 Å². The van der Waals surface area contributed by atoms with Crippen molar-refractivity contribution in [3.05, 3.63) is 73.7 Å². The molecule has 10 nitrogen and oxygen atoms in total. The number of amides is 1. The van der Waals surface area contributed by atoms with Crippen molar-refractivity contribution in [2.45, 2.75) is 27.3 Å². The van der Waals surface area contributed by atoms with Gasteiger partial charge in [-0.05, 0) is 62.0 Å². The fraction of sp³-hybridized carbons (Fsp3) is 0.200. The van der Waals surface area contributed by atoms with E-state index in [4.69, 9.17) is 4.74 Å². The highest BCUT2D eigenvalue weighted by atomic mass is 32.1. The minimum atomic E-state index is -0.518. The summed E-state index contributed by atoms with van der Waals surface area (Å²) in [5.41, 5.74) is 4.10. The van der Waals surface area contributed by atoms with Crippen molar-refractivity contribution in [2.24, 2.45) is 5.10 Å². The minimum Gasteiger partial charge on any atom is -0.422 e. The number of nitro groups is 1. The van der Waals surface area contributed by atoms with E-state index in [9.17, 15) is 19.7 Å². The lowest BCUT2D eigenvalue weighted by molar-refractivity contribution is -0.386. The molecule has 3 aromatic rings. The molecule has 0 fully saturated rings. The number of thiophene rings is 1. The van der Waals surface area contributed by atoms with E-state index in [0.29, 0.717) is 22.0 Å². The lowest BCUT2D eigenvalue weighted by Crippen LogP contribution is -2.25. The maximum atomic E-state index is 12.2. The maximum Gasteiger partial charge on any atom is 0.353 e. The monoisotopic (exact) mass is 441 g/mol. The Hall–Kier alpha value is -3.86. The topological polar surface area (TPSA) is 129 Å². The van der Waals surface area contributed by atoms with E-state index >= 15 is 0 Å². The third-order valence-corrected chi connectivity index (χ3v) is 5.22. The van der Waals surface area contributed by atoms with Crippen LogP contribution in [-0.2, 0) is 11.3 Å². The zero-order chi connectivity index (χ0) is 22.5. The number of aryl methyl sites for hydroxylation is 1. The first-order valence-electron chi connectivity index (χ1n) is 9.14. The fourth-order valence-electron chi connectivity index (χ4n) is 2.80. The summed E-state index contributed by atoms with van der Waals surface area (Å²) >= 11 is 1.30. The molecule has 0 saturated carbocycles. The Kier molecular flexibility index (Phi) is 6.55. The first kappa shape index (κ1) is 21.8. The van der Waals surface area contributed by atoms with Crippen LogP contribution < -0.4 is 10.2 Å². The van der Waals surface area contributed by atoms with Crippen LogP contribution in [0, 0.1) is 24.0 Å². The third kappa shape index (κ3) is 5.20. The molecule has 2 heterocycles. The van der Waals surface area contributed by atoms with Crippen molar-refractivity contribution in [3.8, 4) is 5.75 Å². The van der Waals surface area contributed by atoms with Crippen LogP contribution >= 0.6 is 11.3 Å². The van der Waals surface area contributed by atoms with E-state index in [2.05, 4.69) is 15.6 Å².